The van der Waals surface area contributed by atoms with Gasteiger partial charge in [-0.3, -0.25) is 0 Å². The van der Waals surface area contributed by atoms with E-state index in [1.165, 1.54) is 12.8 Å². The second-order valence-corrected chi connectivity index (χ2v) is 4.43. The van der Waals surface area contributed by atoms with Gasteiger partial charge in [0, 0.05) is 11.5 Å². The number of aliphatic hydroxyl groups is 1. The molecule has 2 unspecified atom stereocenters. The van der Waals surface area contributed by atoms with E-state index in [2.05, 4.69) is 26.1 Å². The predicted molar refractivity (Wildman–Crippen MR) is 51.1 cm³/mol. The Balaban J connectivity index is 2.19. The van der Waals surface area contributed by atoms with E-state index in [9.17, 15) is 5.11 Å². The molecule has 1 aliphatic rings. The molecular formula is C10H21NO. The average molecular weight is 171 g/mol. The highest BCUT2D eigenvalue weighted by atomic mass is 16.3. The van der Waals surface area contributed by atoms with Crippen LogP contribution in [0.3, 0.4) is 0 Å². The highest BCUT2D eigenvalue weighted by Gasteiger charge is 2.46. The Hall–Kier alpha value is -0.0800. The maximum absolute atomic E-state index is 9.46. The highest BCUT2D eigenvalue weighted by Crippen LogP contribution is 2.40. The Labute approximate surface area is 75.4 Å². The number of aliphatic hydroxyl groups excluding tert-OH is 1. The molecule has 2 N–H and O–H groups in total. The van der Waals surface area contributed by atoms with Crippen LogP contribution in [0.1, 0.15) is 40.0 Å². The Morgan fingerprint density at radius 2 is 2.17 bits per heavy atom. The number of rotatable bonds is 4. The SMILES string of the molecule is CCCCNC1CC(O)C1(C)C. The minimum atomic E-state index is -0.100. The van der Waals surface area contributed by atoms with E-state index in [-0.39, 0.29) is 11.5 Å². The quantitative estimate of drug-likeness (QED) is 0.629. The largest absolute Gasteiger partial charge is 0.392 e. The Morgan fingerprint density at radius 1 is 1.50 bits per heavy atom. The van der Waals surface area contributed by atoms with E-state index in [4.69, 9.17) is 0 Å². The van der Waals surface area contributed by atoms with Gasteiger partial charge in [-0.25, -0.2) is 0 Å². The molecular weight excluding hydrogens is 150 g/mol. The summed E-state index contributed by atoms with van der Waals surface area (Å²) in [6.07, 6.45) is 3.30. The summed E-state index contributed by atoms with van der Waals surface area (Å²) in [6.45, 7) is 7.55. The van der Waals surface area contributed by atoms with Crippen LogP contribution in [0, 0.1) is 5.41 Å². The van der Waals surface area contributed by atoms with Gasteiger partial charge >= 0.3 is 0 Å². The average Bonchev–Trinajstić information content (AvgIpc) is 2.04. The van der Waals surface area contributed by atoms with Crippen molar-refractivity contribution in [1.82, 2.24) is 5.32 Å². The van der Waals surface area contributed by atoms with Gasteiger partial charge in [-0.15, -0.1) is 0 Å². The third-order valence-corrected chi connectivity index (χ3v) is 3.14. The van der Waals surface area contributed by atoms with Crippen molar-refractivity contribution in [2.75, 3.05) is 6.54 Å². The third kappa shape index (κ3) is 1.80. The van der Waals surface area contributed by atoms with E-state index < -0.39 is 0 Å². The second kappa shape index (κ2) is 3.75. The zero-order chi connectivity index (χ0) is 9.19. The monoisotopic (exact) mass is 171 g/mol. The Morgan fingerprint density at radius 3 is 2.58 bits per heavy atom. The summed E-state index contributed by atoms with van der Waals surface area (Å²) in [6, 6.07) is 0.527. The molecule has 12 heavy (non-hydrogen) atoms. The van der Waals surface area contributed by atoms with Crippen molar-refractivity contribution < 1.29 is 5.11 Å². The van der Waals surface area contributed by atoms with Crippen molar-refractivity contribution in [1.29, 1.82) is 0 Å². The van der Waals surface area contributed by atoms with Crippen LogP contribution in [0.2, 0.25) is 0 Å². The van der Waals surface area contributed by atoms with Crippen LogP contribution >= 0.6 is 0 Å². The number of nitrogens with one attached hydrogen (secondary N) is 1. The van der Waals surface area contributed by atoms with Crippen LogP contribution in [0.25, 0.3) is 0 Å². The van der Waals surface area contributed by atoms with Crippen molar-refractivity contribution >= 4 is 0 Å². The second-order valence-electron chi connectivity index (χ2n) is 4.43. The molecule has 2 nitrogen and oxygen atoms in total. The van der Waals surface area contributed by atoms with Crippen molar-refractivity contribution in [3.05, 3.63) is 0 Å². The van der Waals surface area contributed by atoms with E-state index >= 15 is 0 Å². The molecule has 1 rings (SSSR count). The molecule has 2 atom stereocenters. The minimum Gasteiger partial charge on any atom is -0.392 e. The van der Waals surface area contributed by atoms with Crippen LogP contribution in [0.4, 0.5) is 0 Å². The van der Waals surface area contributed by atoms with Gasteiger partial charge in [0.15, 0.2) is 0 Å². The maximum Gasteiger partial charge on any atom is 0.0621 e. The zero-order valence-electron chi connectivity index (χ0n) is 8.43. The molecule has 72 valence electrons. The van der Waals surface area contributed by atoms with Gasteiger partial charge in [-0.2, -0.15) is 0 Å². The molecule has 0 aromatic carbocycles. The lowest BCUT2D eigenvalue weighted by molar-refractivity contribution is -0.0722. The summed E-state index contributed by atoms with van der Waals surface area (Å²) in [7, 11) is 0. The van der Waals surface area contributed by atoms with Gasteiger partial charge in [0.05, 0.1) is 6.10 Å². The lowest BCUT2D eigenvalue weighted by Crippen LogP contribution is -2.60. The van der Waals surface area contributed by atoms with Gasteiger partial charge in [0.1, 0.15) is 0 Å². The first-order valence-electron chi connectivity index (χ1n) is 5.00. The van der Waals surface area contributed by atoms with Crippen LogP contribution < -0.4 is 5.32 Å². The molecule has 2 heteroatoms. The van der Waals surface area contributed by atoms with E-state index in [1.807, 2.05) is 0 Å². The fourth-order valence-corrected chi connectivity index (χ4v) is 1.70. The molecule has 0 bridgehead atoms. The van der Waals surface area contributed by atoms with Crippen LogP contribution in [-0.2, 0) is 0 Å². The van der Waals surface area contributed by atoms with Crippen molar-refractivity contribution in [2.24, 2.45) is 5.41 Å². The Bertz CT molecular complexity index is 145. The summed E-state index contributed by atoms with van der Waals surface area (Å²) < 4.78 is 0. The lowest BCUT2D eigenvalue weighted by atomic mass is 9.64. The first-order valence-corrected chi connectivity index (χ1v) is 5.00. The number of hydrogen-bond donors (Lipinski definition) is 2. The van der Waals surface area contributed by atoms with Crippen LogP contribution in [0.5, 0.6) is 0 Å². The van der Waals surface area contributed by atoms with Crippen LogP contribution in [-0.4, -0.2) is 23.8 Å². The number of hydrogen-bond acceptors (Lipinski definition) is 2. The summed E-state index contributed by atoms with van der Waals surface area (Å²) in [5.74, 6) is 0. The first-order chi connectivity index (χ1) is 5.59. The third-order valence-electron chi connectivity index (χ3n) is 3.14. The van der Waals surface area contributed by atoms with Crippen molar-refractivity contribution in [3.63, 3.8) is 0 Å². The fourth-order valence-electron chi connectivity index (χ4n) is 1.70. The van der Waals surface area contributed by atoms with Gasteiger partial charge in [0.25, 0.3) is 0 Å². The summed E-state index contributed by atoms with van der Waals surface area (Å²) in [5.41, 5.74) is 0.0910. The van der Waals surface area contributed by atoms with Gasteiger partial charge < -0.3 is 10.4 Å². The van der Waals surface area contributed by atoms with E-state index in [0.717, 1.165) is 13.0 Å². The molecule has 1 fully saturated rings. The summed E-state index contributed by atoms with van der Waals surface area (Å²) in [4.78, 5) is 0. The topological polar surface area (TPSA) is 32.3 Å². The highest BCUT2D eigenvalue weighted by molar-refractivity contribution is 5.01. The fraction of sp³-hybridized carbons (Fsp3) is 1.00. The van der Waals surface area contributed by atoms with E-state index in [0.29, 0.717) is 6.04 Å². The Kier molecular flexibility index (Phi) is 3.13. The van der Waals surface area contributed by atoms with Gasteiger partial charge in [0.2, 0.25) is 0 Å². The standard InChI is InChI=1S/C10H21NO/c1-4-5-6-11-8-7-9(12)10(8,2)3/h8-9,11-12H,4-7H2,1-3H3. The smallest absolute Gasteiger partial charge is 0.0621 e. The van der Waals surface area contributed by atoms with Crippen molar-refractivity contribution in [3.8, 4) is 0 Å². The molecule has 1 aliphatic carbocycles. The van der Waals surface area contributed by atoms with E-state index in [1.54, 1.807) is 0 Å². The molecule has 1 saturated carbocycles. The molecule has 0 aliphatic heterocycles. The molecule has 0 aromatic heterocycles. The van der Waals surface area contributed by atoms with Gasteiger partial charge in [-0.1, -0.05) is 27.2 Å². The summed E-state index contributed by atoms with van der Waals surface area (Å²) >= 11 is 0. The molecule has 0 heterocycles. The molecule has 0 radical (unpaired) electrons. The molecule has 0 amide bonds. The van der Waals surface area contributed by atoms with Gasteiger partial charge in [-0.05, 0) is 19.4 Å². The van der Waals surface area contributed by atoms with Crippen molar-refractivity contribution in [2.45, 2.75) is 52.2 Å². The molecule has 0 spiro atoms. The van der Waals surface area contributed by atoms with Crippen LogP contribution in [0.15, 0.2) is 0 Å². The predicted octanol–water partition coefficient (Wildman–Crippen LogP) is 1.54. The lowest BCUT2D eigenvalue weighted by Gasteiger charge is -2.49. The maximum atomic E-state index is 9.46. The number of unbranched alkanes of at least 4 members (excludes halogenated alkanes) is 1. The summed E-state index contributed by atoms with van der Waals surface area (Å²) in [5, 5.41) is 12.9. The minimum absolute atomic E-state index is 0.0910. The molecule has 0 saturated heterocycles. The first kappa shape index (κ1) is 10.0. The molecule has 0 aromatic rings. The zero-order valence-corrected chi connectivity index (χ0v) is 8.43. The normalized spacial score (nSPS) is 33.0.